The van der Waals surface area contributed by atoms with Gasteiger partial charge in [-0.3, -0.25) is 4.79 Å². The zero-order chi connectivity index (χ0) is 18.4. The van der Waals surface area contributed by atoms with Crippen molar-refractivity contribution in [3.8, 4) is 0 Å². The van der Waals surface area contributed by atoms with E-state index in [-0.39, 0.29) is 5.92 Å². The Morgan fingerprint density at radius 1 is 1.00 bits per heavy atom. The topological polar surface area (TPSA) is 66.6 Å². The van der Waals surface area contributed by atoms with E-state index in [2.05, 4.69) is 33.1 Å². The van der Waals surface area contributed by atoms with E-state index in [1.807, 2.05) is 10.6 Å². The summed E-state index contributed by atoms with van der Waals surface area (Å²) in [4.78, 5) is 17.2. The molecule has 2 aromatic rings. The zero-order valence-corrected chi connectivity index (χ0v) is 16.0. The van der Waals surface area contributed by atoms with Crippen LogP contribution in [0.25, 0.3) is 5.65 Å². The van der Waals surface area contributed by atoms with E-state index in [1.165, 1.54) is 12.8 Å². The highest BCUT2D eigenvalue weighted by Crippen LogP contribution is 2.39. The van der Waals surface area contributed by atoms with Crippen molar-refractivity contribution in [1.29, 1.82) is 0 Å². The predicted molar refractivity (Wildman–Crippen MR) is 102 cm³/mol. The van der Waals surface area contributed by atoms with E-state index in [1.54, 1.807) is 0 Å². The predicted octanol–water partition coefficient (Wildman–Crippen LogP) is 2.05. The number of carbonyl (C=O) groups excluding carboxylic acids is 1. The van der Waals surface area contributed by atoms with Gasteiger partial charge in [-0.25, -0.2) is 0 Å². The molecule has 1 saturated carbocycles. The third-order valence-electron chi connectivity index (χ3n) is 6.45. The van der Waals surface area contributed by atoms with Crippen LogP contribution in [-0.2, 0) is 4.79 Å². The molecule has 1 amide bonds. The summed E-state index contributed by atoms with van der Waals surface area (Å²) in [5.41, 5.74) is 2.00. The van der Waals surface area contributed by atoms with Gasteiger partial charge in [0.15, 0.2) is 11.5 Å². The quantitative estimate of drug-likeness (QED) is 0.829. The molecule has 0 bridgehead atoms. The monoisotopic (exact) mass is 368 g/mol. The van der Waals surface area contributed by atoms with Crippen molar-refractivity contribution in [1.82, 2.24) is 29.6 Å². The fourth-order valence-corrected chi connectivity index (χ4v) is 4.66. The highest BCUT2D eigenvalue weighted by atomic mass is 16.2. The minimum Gasteiger partial charge on any atom is -0.342 e. The van der Waals surface area contributed by atoms with Crippen molar-refractivity contribution in [2.24, 2.45) is 5.92 Å². The van der Waals surface area contributed by atoms with Gasteiger partial charge in [0.2, 0.25) is 5.91 Å². The molecule has 144 valence electrons. The molecule has 0 radical (unpaired) electrons. The lowest BCUT2D eigenvalue weighted by atomic mass is 9.92. The van der Waals surface area contributed by atoms with Crippen molar-refractivity contribution < 1.29 is 4.79 Å². The maximum absolute atomic E-state index is 12.9. The highest BCUT2D eigenvalue weighted by molar-refractivity contribution is 5.79. The second-order valence-electron chi connectivity index (χ2n) is 8.56. The van der Waals surface area contributed by atoms with E-state index >= 15 is 0 Å². The molecule has 7 nitrogen and oxygen atoms in total. The zero-order valence-electron chi connectivity index (χ0n) is 16.0. The van der Waals surface area contributed by atoms with E-state index < -0.39 is 0 Å². The van der Waals surface area contributed by atoms with Crippen LogP contribution < -0.4 is 0 Å². The van der Waals surface area contributed by atoms with Crippen LogP contribution in [0.1, 0.15) is 61.9 Å². The maximum atomic E-state index is 12.9. The smallest absolute Gasteiger partial charge is 0.226 e. The molecular formula is C20H28N6O. The Balaban J connectivity index is 1.27. The molecule has 1 aliphatic carbocycles. The molecule has 2 aromatic heterocycles. The molecule has 0 spiro atoms. The number of rotatable bonds is 3. The first kappa shape index (κ1) is 17.1. The number of amides is 1. The van der Waals surface area contributed by atoms with Crippen LogP contribution in [0.2, 0.25) is 0 Å². The second-order valence-corrected chi connectivity index (χ2v) is 8.56. The fraction of sp³-hybridized carbons (Fsp3) is 0.700. The number of fused-ring (bicyclic) bond motifs is 1. The number of nitrogens with zero attached hydrogens (tertiary/aromatic N) is 6. The lowest BCUT2D eigenvalue weighted by Gasteiger charge is -2.36. The molecule has 27 heavy (non-hydrogen) atoms. The lowest BCUT2D eigenvalue weighted by Crippen LogP contribution is -2.46. The SMILES string of the molecule is CN1CCCC(C(=O)N2CCC(c3nnc4ccc(C5CC5)nn34)CC2)C1. The average Bonchev–Trinajstić information content (AvgIpc) is 3.47. The van der Waals surface area contributed by atoms with E-state index in [4.69, 9.17) is 5.10 Å². The van der Waals surface area contributed by atoms with E-state index in [0.717, 1.165) is 69.0 Å². The summed E-state index contributed by atoms with van der Waals surface area (Å²) in [6.45, 7) is 3.66. The van der Waals surface area contributed by atoms with Crippen molar-refractivity contribution >= 4 is 11.6 Å². The Kier molecular flexibility index (Phi) is 4.34. The summed E-state index contributed by atoms with van der Waals surface area (Å²) >= 11 is 0. The van der Waals surface area contributed by atoms with Crippen molar-refractivity contribution in [3.63, 3.8) is 0 Å². The summed E-state index contributed by atoms with van der Waals surface area (Å²) < 4.78 is 1.95. The maximum Gasteiger partial charge on any atom is 0.226 e. The number of hydrogen-bond donors (Lipinski definition) is 0. The van der Waals surface area contributed by atoms with Gasteiger partial charge in [0.1, 0.15) is 0 Å². The first-order valence-electron chi connectivity index (χ1n) is 10.4. The standard InChI is InChI=1S/C20H28N6O/c1-24-10-2-3-16(13-24)20(27)25-11-8-15(9-12-25)19-22-21-18-7-6-17(14-4-5-14)23-26(18)19/h6-7,14-16H,2-5,8-13H2,1H3. The van der Waals surface area contributed by atoms with Crippen LogP contribution in [0, 0.1) is 5.92 Å². The van der Waals surface area contributed by atoms with E-state index in [9.17, 15) is 4.79 Å². The van der Waals surface area contributed by atoms with E-state index in [0.29, 0.717) is 17.7 Å². The normalized spacial score (nSPS) is 25.2. The molecule has 3 aliphatic rings. The van der Waals surface area contributed by atoms with Gasteiger partial charge >= 0.3 is 0 Å². The van der Waals surface area contributed by atoms with Crippen LogP contribution in [-0.4, -0.2) is 68.7 Å². The second kappa shape index (κ2) is 6.86. The molecule has 1 atom stereocenters. The largest absolute Gasteiger partial charge is 0.342 e. The van der Waals surface area contributed by atoms with Gasteiger partial charge < -0.3 is 9.80 Å². The van der Waals surface area contributed by atoms with Gasteiger partial charge in [0.05, 0.1) is 11.6 Å². The molecular weight excluding hydrogens is 340 g/mol. The van der Waals surface area contributed by atoms with Crippen molar-refractivity contribution in [3.05, 3.63) is 23.7 Å². The van der Waals surface area contributed by atoms with Gasteiger partial charge in [-0.05, 0) is 64.3 Å². The minimum atomic E-state index is 0.178. The number of hydrogen-bond acceptors (Lipinski definition) is 5. The Morgan fingerprint density at radius 2 is 1.81 bits per heavy atom. The molecule has 1 unspecified atom stereocenters. The first-order valence-corrected chi connectivity index (χ1v) is 10.4. The Labute approximate surface area is 159 Å². The molecule has 7 heteroatoms. The Morgan fingerprint density at radius 3 is 2.56 bits per heavy atom. The van der Waals surface area contributed by atoms with Crippen LogP contribution in [0.15, 0.2) is 12.1 Å². The number of aromatic nitrogens is 4. The number of likely N-dealkylation sites (tertiary alicyclic amines) is 2. The van der Waals surface area contributed by atoms with Crippen LogP contribution >= 0.6 is 0 Å². The van der Waals surface area contributed by atoms with Crippen LogP contribution in [0.4, 0.5) is 0 Å². The summed E-state index contributed by atoms with van der Waals surface area (Å²) in [7, 11) is 2.12. The number of carbonyl (C=O) groups is 1. The van der Waals surface area contributed by atoms with Crippen molar-refractivity contribution in [2.75, 3.05) is 33.2 Å². The van der Waals surface area contributed by atoms with Gasteiger partial charge in [-0.2, -0.15) is 9.61 Å². The average molecular weight is 368 g/mol. The Hall–Kier alpha value is -2.02. The van der Waals surface area contributed by atoms with Gasteiger partial charge in [0.25, 0.3) is 0 Å². The van der Waals surface area contributed by atoms with Crippen LogP contribution in [0.5, 0.6) is 0 Å². The lowest BCUT2D eigenvalue weighted by molar-refractivity contribution is -0.138. The molecule has 3 fully saturated rings. The fourth-order valence-electron chi connectivity index (χ4n) is 4.66. The highest BCUT2D eigenvalue weighted by Gasteiger charge is 2.32. The summed E-state index contributed by atoms with van der Waals surface area (Å²) in [5.74, 6) is 2.45. The molecule has 2 aliphatic heterocycles. The summed E-state index contributed by atoms with van der Waals surface area (Å²) in [6.07, 6.45) is 6.55. The van der Waals surface area contributed by atoms with Gasteiger partial charge in [0, 0.05) is 31.5 Å². The summed E-state index contributed by atoms with van der Waals surface area (Å²) in [5, 5.41) is 13.6. The molecule has 0 aromatic carbocycles. The van der Waals surface area contributed by atoms with Gasteiger partial charge in [-0.15, -0.1) is 10.2 Å². The molecule has 5 rings (SSSR count). The third-order valence-corrected chi connectivity index (χ3v) is 6.45. The molecule has 2 saturated heterocycles. The molecule has 0 N–H and O–H groups in total. The van der Waals surface area contributed by atoms with Crippen LogP contribution in [0.3, 0.4) is 0 Å². The molecule has 4 heterocycles. The van der Waals surface area contributed by atoms with Gasteiger partial charge in [-0.1, -0.05) is 0 Å². The van der Waals surface area contributed by atoms with Crippen molar-refractivity contribution in [2.45, 2.75) is 50.4 Å². The first-order chi connectivity index (χ1) is 13.2. The summed E-state index contributed by atoms with van der Waals surface area (Å²) in [6, 6.07) is 4.13. The minimum absolute atomic E-state index is 0.178. The third kappa shape index (κ3) is 3.33. The number of piperidine rings is 2. The Bertz CT molecular complexity index is 836.